The zero-order valence-electron chi connectivity index (χ0n) is 12.6. The number of rotatable bonds is 2. The molecule has 3 rings (SSSR count). The highest BCUT2D eigenvalue weighted by Gasteiger charge is 2.25. The Bertz CT molecular complexity index is 640. The van der Waals surface area contributed by atoms with E-state index in [1.54, 1.807) is 0 Å². The molecule has 0 radical (unpaired) electrons. The first kappa shape index (κ1) is 15.1. The molecule has 0 bridgehead atoms. The fourth-order valence-corrected chi connectivity index (χ4v) is 3.16. The van der Waals surface area contributed by atoms with Crippen molar-refractivity contribution in [2.45, 2.75) is 19.4 Å². The number of nitrogens with one attached hydrogen (secondary N) is 1. The van der Waals surface area contributed by atoms with E-state index in [1.807, 2.05) is 31.2 Å². The van der Waals surface area contributed by atoms with Gasteiger partial charge >= 0.3 is 0 Å². The van der Waals surface area contributed by atoms with Gasteiger partial charge in [-0.15, -0.1) is 0 Å². The summed E-state index contributed by atoms with van der Waals surface area (Å²) in [6.45, 7) is 4.64. The van der Waals surface area contributed by atoms with Gasteiger partial charge < -0.3 is 16.0 Å². The molecule has 5 nitrogen and oxygen atoms in total. The van der Waals surface area contributed by atoms with Gasteiger partial charge in [0.2, 0.25) is 5.95 Å². The van der Waals surface area contributed by atoms with Crippen molar-refractivity contribution in [3.05, 3.63) is 46.6 Å². The highest BCUT2D eigenvalue weighted by molar-refractivity contribution is 6.31. The number of nitrogens with two attached hydrogens (primary N) is 1. The minimum absolute atomic E-state index is 0.130. The maximum absolute atomic E-state index is 6.41. The van der Waals surface area contributed by atoms with Gasteiger partial charge in [0.05, 0.1) is 6.04 Å². The van der Waals surface area contributed by atoms with Gasteiger partial charge in [0.15, 0.2) is 0 Å². The molecular weight excluding hydrogens is 298 g/mol. The van der Waals surface area contributed by atoms with Crippen LogP contribution in [0.15, 0.2) is 30.3 Å². The molecule has 1 aromatic heterocycles. The molecule has 0 spiro atoms. The van der Waals surface area contributed by atoms with Gasteiger partial charge in [-0.05, 0) is 31.5 Å². The van der Waals surface area contributed by atoms with E-state index in [-0.39, 0.29) is 6.04 Å². The monoisotopic (exact) mass is 317 g/mol. The SMILES string of the molecule is Cc1cc(N2CCCNCC2c2ccccc2Cl)nc(N)n1. The Labute approximate surface area is 135 Å². The van der Waals surface area contributed by atoms with Gasteiger partial charge in [0, 0.05) is 29.9 Å². The first-order chi connectivity index (χ1) is 10.6. The van der Waals surface area contributed by atoms with Crippen LogP contribution in [0.5, 0.6) is 0 Å². The van der Waals surface area contributed by atoms with E-state index in [2.05, 4.69) is 26.3 Å². The Morgan fingerprint density at radius 2 is 2.14 bits per heavy atom. The van der Waals surface area contributed by atoms with Crippen LogP contribution in [0.3, 0.4) is 0 Å². The molecule has 1 aliphatic rings. The summed E-state index contributed by atoms with van der Waals surface area (Å²) in [5.41, 5.74) is 7.81. The number of aromatic nitrogens is 2. The van der Waals surface area contributed by atoms with Crippen LogP contribution in [0.4, 0.5) is 11.8 Å². The van der Waals surface area contributed by atoms with Gasteiger partial charge in [-0.25, -0.2) is 4.98 Å². The average molecular weight is 318 g/mol. The van der Waals surface area contributed by atoms with Crippen LogP contribution in [0.1, 0.15) is 23.7 Å². The van der Waals surface area contributed by atoms with E-state index >= 15 is 0 Å². The lowest BCUT2D eigenvalue weighted by Gasteiger charge is -2.32. The predicted molar refractivity (Wildman–Crippen MR) is 90.2 cm³/mol. The minimum Gasteiger partial charge on any atom is -0.368 e. The first-order valence-corrected chi connectivity index (χ1v) is 7.86. The van der Waals surface area contributed by atoms with Crippen LogP contribution >= 0.6 is 11.6 Å². The quantitative estimate of drug-likeness (QED) is 0.891. The predicted octanol–water partition coefficient (Wildman–Crippen LogP) is 2.56. The summed E-state index contributed by atoms with van der Waals surface area (Å²) in [5.74, 6) is 1.17. The summed E-state index contributed by atoms with van der Waals surface area (Å²) in [4.78, 5) is 10.9. The van der Waals surface area contributed by atoms with Crippen molar-refractivity contribution in [1.29, 1.82) is 0 Å². The van der Waals surface area contributed by atoms with E-state index < -0.39 is 0 Å². The van der Waals surface area contributed by atoms with E-state index in [0.29, 0.717) is 5.95 Å². The van der Waals surface area contributed by atoms with Crippen molar-refractivity contribution >= 4 is 23.4 Å². The Morgan fingerprint density at radius 1 is 1.32 bits per heavy atom. The molecule has 0 amide bonds. The third kappa shape index (κ3) is 3.15. The molecule has 6 heteroatoms. The van der Waals surface area contributed by atoms with Crippen molar-refractivity contribution in [1.82, 2.24) is 15.3 Å². The molecule has 1 fully saturated rings. The number of benzene rings is 1. The Hall–Kier alpha value is -1.85. The second-order valence-electron chi connectivity index (χ2n) is 5.51. The van der Waals surface area contributed by atoms with Crippen LogP contribution in [0.2, 0.25) is 5.02 Å². The van der Waals surface area contributed by atoms with E-state index in [1.165, 1.54) is 0 Å². The highest BCUT2D eigenvalue weighted by atomic mass is 35.5. The zero-order valence-corrected chi connectivity index (χ0v) is 13.3. The molecule has 1 aromatic carbocycles. The third-order valence-corrected chi connectivity index (χ3v) is 4.23. The number of nitrogens with zero attached hydrogens (tertiary/aromatic N) is 3. The third-order valence-electron chi connectivity index (χ3n) is 3.88. The number of hydrogen-bond acceptors (Lipinski definition) is 5. The van der Waals surface area contributed by atoms with Crippen LogP contribution in [-0.2, 0) is 0 Å². The van der Waals surface area contributed by atoms with Gasteiger partial charge in [0.1, 0.15) is 5.82 Å². The maximum atomic E-state index is 6.41. The molecule has 1 saturated heterocycles. The lowest BCUT2D eigenvalue weighted by Crippen LogP contribution is -2.33. The second kappa shape index (κ2) is 6.50. The van der Waals surface area contributed by atoms with E-state index in [4.69, 9.17) is 17.3 Å². The van der Waals surface area contributed by atoms with Crippen LogP contribution < -0.4 is 16.0 Å². The summed E-state index contributed by atoms with van der Waals surface area (Å²) in [5, 5.41) is 4.25. The maximum Gasteiger partial charge on any atom is 0.222 e. The topological polar surface area (TPSA) is 67.1 Å². The minimum atomic E-state index is 0.130. The van der Waals surface area contributed by atoms with Gasteiger partial charge in [-0.3, -0.25) is 0 Å². The molecule has 1 atom stereocenters. The zero-order chi connectivity index (χ0) is 15.5. The van der Waals surface area contributed by atoms with Gasteiger partial charge in [-0.2, -0.15) is 4.98 Å². The Morgan fingerprint density at radius 3 is 2.91 bits per heavy atom. The van der Waals surface area contributed by atoms with Crippen LogP contribution in [-0.4, -0.2) is 29.6 Å². The standard InChI is InChI=1S/C16H20ClN5/c1-11-9-15(21-16(18)20-11)22-8-4-7-19-10-14(22)12-5-2-3-6-13(12)17/h2-3,5-6,9,14,19H,4,7-8,10H2,1H3,(H2,18,20,21). The fourth-order valence-electron chi connectivity index (χ4n) is 2.90. The van der Waals surface area contributed by atoms with Crippen molar-refractivity contribution in [3.63, 3.8) is 0 Å². The van der Waals surface area contributed by atoms with E-state index in [0.717, 1.165) is 48.2 Å². The molecule has 1 unspecified atom stereocenters. The molecular formula is C16H20ClN5. The van der Waals surface area contributed by atoms with Crippen molar-refractivity contribution < 1.29 is 0 Å². The fraction of sp³-hybridized carbons (Fsp3) is 0.375. The Kier molecular flexibility index (Phi) is 4.45. The largest absolute Gasteiger partial charge is 0.368 e. The molecule has 3 N–H and O–H groups in total. The molecule has 2 aromatic rings. The summed E-state index contributed by atoms with van der Waals surface area (Å²) in [6.07, 6.45) is 1.05. The lowest BCUT2D eigenvalue weighted by molar-refractivity contribution is 0.612. The number of anilines is 2. The average Bonchev–Trinajstić information content (AvgIpc) is 2.72. The second-order valence-corrected chi connectivity index (χ2v) is 5.92. The smallest absolute Gasteiger partial charge is 0.222 e. The molecule has 0 saturated carbocycles. The number of halogens is 1. The van der Waals surface area contributed by atoms with Crippen molar-refractivity contribution in [3.8, 4) is 0 Å². The van der Waals surface area contributed by atoms with E-state index in [9.17, 15) is 0 Å². The molecule has 2 heterocycles. The normalized spacial score (nSPS) is 19.0. The molecule has 0 aliphatic carbocycles. The van der Waals surface area contributed by atoms with Gasteiger partial charge in [0.25, 0.3) is 0 Å². The van der Waals surface area contributed by atoms with Crippen molar-refractivity contribution in [2.24, 2.45) is 0 Å². The molecule has 1 aliphatic heterocycles. The Balaban J connectivity index is 2.03. The molecule has 116 valence electrons. The first-order valence-electron chi connectivity index (χ1n) is 7.48. The summed E-state index contributed by atoms with van der Waals surface area (Å²) in [6, 6.07) is 10.1. The molecule has 22 heavy (non-hydrogen) atoms. The summed E-state index contributed by atoms with van der Waals surface area (Å²) < 4.78 is 0. The number of hydrogen-bond donors (Lipinski definition) is 2. The lowest BCUT2D eigenvalue weighted by atomic mass is 10.1. The number of nitrogen functional groups attached to an aromatic ring is 1. The van der Waals surface area contributed by atoms with Crippen molar-refractivity contribution in [2.75, 3.05) is 30.3 Å². The van der Waals surface area contributed by atoms with Gasteiger partial charge in [-0.1, -0.05) is 29.8 Å². The van der Waals surface area contributed by atoms with Crippen LogP contribution in [0, 0.1) is 6.92 Å². The van der Waals surface area contributed by atoms with Crippen LogP contribution in [0.25, 0.3) is 0 Å². The number of aryl methyl sites for hydroxylation is 1. The highest BCUT2D eigenvalue weighted by Crippen LogP contribution is 2.31. The summed E-state index contributed by atoms with van der Waals surface area (Å²) in [7, 11) is 0. The summed E-state index contributed by atoms with van der Waals surface area (Å²) >= 11 is 6.41.